The van der Waals surface area contributed by atoms with Crippen LogP contribution in [0.1, 0.15) is 55.0 Å². The van der Waals surface area contributed by atoms with Crippen LogP contribution in [-0.2, 0) is 6.54 Å². The zero-order valence-corrected chi connectivity index (χ0v) is 13.0. The molecule has 0 fully saturated rings. The fourth-order valence-electron chi connectivity index (χ4n) is 2.47. The molecule has 1 atom stereocenters. The maximum atomic E-state index is 3.60. The van der Waals surface area contributed by atoms with Gasteiger partial charge in [-0.3, -0.25) is 0 Å². The van der Waals surface area contributed by atoms with E-state index in [1.54, 1.807) is 0 Å². The van der Waals surface area contributed by atoms with Gasteiger partial charge >= 0.3 is 0 Å². The van der Waals surface area contributed by atoms with Crippen LogP contribution in [0.3, 0.4) is 0 Å². The first kappa shape index (κ1) is 14.8. The zero-order chi connectivity index (χ0) is 14.5. The van der Waals surface area contributed by atoms with Crippen LogP contribution in [0.25, 0.3) is 0 Å². The van der Waals surface area contributed by atoms with Crippen molar-refractivity contribution in [3.05, 3.63) is 70.8 Å². The SMILES string of the molecule is Cc1ccccc1[C@H](C)NCc1ccc(C(C)C)cc1. The first-order valence-electron chi connectivity index (χ1n) is 7.45. The van der Waals surface area contributed by atoms with Gasteiger partial charge in [-0.25, -0.2) is 0 Å². The van der Waals surface area contributed by atoms with Gasteiger partial charge in [0.1, 0.15) is 0 Å². The molecule has 2 rings (SSSR count). The Hall–Kier alpha value is -1.60. The predicted octanol–water partition coefficient (Wildman–Crippen LogP) is 4.97. The molecule has 0 bridgehead atoms. The van der Waals surface area contributed by atoms with E-state index in [9.17, 15) is 0 Å². The fraction of sp³-hybridized carbons (Fsp3) is 0.368. The number of hydrogen-bond acceptors (Lipinski definition) is 1. The number of nitrogens with one attached hydrogen (secondary N) is 1. The van der Waals surface area contributed by atoms with Gasteiger partial charge in [0.15, 0.2) is 0 Å². The topological polar surface area (TPSA) is 12.0 Å². The fourth-order valence-corrected chi connectivity index (χ4v) is 2.47. The molecule has 2 aromatic rings. The first-order valence-corrected chi connectivity index (χ1v) is 7.45. The summed E-state index contributed by atoms with van der Waals surface area (Å²) in [7, 11) is 0. The Morgan fingerprint density at radius 1 is 0.900 bits per heavy atom. The van der Waals surface area contributed by atoms with Crippen LogP contribution < -0.4 is 5.32 Å². The molecule has 0 spiro atoms. The lowest BCUT2D eigenvalue weighted by Crippen LogP contribution is -2.18. The molecule has 0 radical (unpaired) electrons. The van der Waals surface area contributed by atoms with Crippen LogP contribution in [0.15, 0.2) is 48.5 Å². The molecule has 0 aliphatic carbocycles. The molecule has 0 aliphatic rings. The molecule has 2 aromatic carbocycles. The van der Waals surface area contributed by atoms with E-state index >= 15 is 0 Å². The Balaban J connectivity index is 1.96. The Kier molecular flexibility index (Phi) is 4.97. The molecule has 0 unspecified atom stereocenters. The monoisotopic (exact) mass is 267 g/mol. The number of rotatable bonds is 5. The highest BCUT2D eigenvalue weighted by atomic mass is 14.9. The van der Waals surface area contributed by atoms with E-state index in [0.717, 1.165) is 6.54 Å². The van der Waals surface area contributed by atoms with Crippen molar-refractivity contribution in [1.29, 1.82) is 0 Å². The standard InChI is InChI=1S/C19H25N/c1-14(2)18-11-9-17(10-12-18)13-20-16(4)19-8-6-5-7-15(19)3/h5-12,14,16,20H,13H2,1-4H3/t16-/m0/s1. The minimum Gasteiger partial charge on any atom is -0.306 e. The van der Waals surface area contributed by atoms with Crippen molar-refractivity contribution < 1.29 is 0 Å². The minimum absolute atomic E-state index is 0.376. The summed E-state index contributed by atoms with van der Waals surface area (Å²) in [6.45, 7) is 9.77. The summed E-state index contributed by atoms with van der Waals surface area (Å²) < 4.78 is 0. The van der Waals surface area contributed by atoms with Crippen molar-refractivity contribution in [1.82, 2.24) is 5.32 Å². The molecule has 0 amide bonds. The van der Waals surface area contributed by atoms with Crippen molar-refractivity contribution in [3.8, 4) is 0 Å². The van der Waals surface area contributed by atoms with Crippen LogP contribution >= 0.6 is 0 Å². The van der Waals surface area contributed by atoms with E-state index in [0.29, 0.717) is 12.0 Å². The highest BCUT2D eigenvalue weighted by molar-refractivity contribution is 5.29. The second-order valence-electron chi connectivity index (χ2n) is 5.86. The summed E-state index contributed by atoms with van der Waals surface area (Å²) in [5, 5.41) is 3.60. The Morgan fingerprint density at radius 2 is 1.55 bits per heavy atom. The third-order valence-corrected chi connectivity index (χ3v) is 3.91. The summed E-state index contributed by atoms with van der Waals surface area (Å²) >= 11 is 0. The Morgan fingerprint density at radius 3 is 2.15 bits per heavy atom. The molecule has 106 valence electrons. The molecule has 0 aliphatic heterocycles. The summed E-state index contributed by atoms with van der Waals surface area (Å²) in [5.41, 5.74) is 5.48. The summed E-state index contributed by atoms with van der Waals surface area (Å²) in [6, 6.07) is 17.9. The smallest absolute Gasteiger partial charge is 0.0297 e. The highest BCUT2D eigenvalue weighted by Gasteiger charge is 2.07. The number of benzene rings is 2. The third-order valence-electron chi connectivity index (χ3n) is 3.91. The van der Waals surface area contributed by atoms with Crippen molar-refractivity contribution in [2.45, 2.75) is 46.2 Å². The lowest BCUT2D eigenvalue weighted by atomic mass is 10.0. The molecule has 1 nitrogen and oxygen atoms in total. The largest absolute Gasteiger partial charge is 0.306 e. The van der Waals surface area contributed by atoms with E-state index < -0.39 is 0 Å². The Labute approximate surface area is 123 Å². The molecule has 0 saturated heterocycles. The maximum absolute atomic E-state index is 3.60. The van der Waals surface area contributed by atoms with Gasteiger partial charge in [0.2, 0.25) is 0 Å². The molecule has 20 heavy (non-hydrogen) atoms. The molecular formula is C19H25N. The first-order chi connectivity index (χ1) is 9.58. The van der Waals surface area contributed by atoms with Crippen molar-refractivity contribution in [2.75, 3.05) is 0 Å². The summed E-state index contributed by atoms with van der Waals surface area (Å²) in [4.78, 5) is 0. The molecule has 1 N–H and O–H groups in total. The second kappa shape index (κ2) is 6.71. The van der Waals surface area contributed by atoms with Crippen LogP contribution in [0, 0.1) is 6.92 Å². The van der Waals surface area contributed by atoms with Crippen molar-refractivity contribution in [3.63, 3.8) is 0 Å². The highest BCUT2D eigenvalue weighted by Crippen LogP contribution is 2.18. The quantitative estimate of drug-likeness (QED) is 0.806. The number of hydrogen-bond donors (Lipinski definition) is 1. The van der Waals surface area contributed by atoms with Crippen LogP contribution in [0.2, 0.25) is 0 Å². The van der Waals surface area contributed by atoms with Crippen molar-refractivity contribution >= 4 is 0 Å². The lowest BCUT2D eigenvalue weighted by Gasteiger charge is -2.17. The summed E-state index contributed by atoms with van der Waals surface area (Å²) in [6.07, 6.45) is 0. The van der Waals surface area contributed by atoms with Gasteiger partial charge in [0.05, 0.1) is 0 Å². The average Bonchev–Trinajstić information content (AvgIpc) is 2.45. The van der Waals surface area contributed by atoms with Gasteiger partial charge in [0, 0.05) is 12.6 Å². The van der Waals surface area contributed by atoms with Gasteiger partial charge < -0.3 is 5.32 Å². The zero-order valence-electron chi connectivity index (χ0n) is 13.0. The molecule has 1 heteroatoms. The van der Waals surface area contributed by atoms with Crippen molar-refractivity contribution in [2.24, 2.45) is 0 Å². The van der Waals surface area contributed by atoms with Gasteiger partial charge in [-0.05, 0) is 42.0 Å². The van der Waals surface area contributed by atoms with Gasteiger partial charge in [-0.2, -0.15) is 0 Å². The van der Waals surface area contributed by atoms with E-state index in [1.807, 2.05) is 0 Å². The van der Waals surface area contributed by atoms with Gasteiger partial charge in [0.25, 0.3) is 0 Å². The maximum Gasteiger partial charge on any atom is 0.0297 e. The molecular weight excluding hydrogens is 242 g/mol. The minimum atomic E-state index is 0.376. The third kappa shape index (κ3) is 3.71. The number of aryl methyl sites for hydroxylation is 1. The van der Waals surface area contributed by atoms with Crippen LogP contribution in [-0.4, -0.2) is 0 Å². The van der Waals surface area contributed by atoms with E-state index in [4.69, 9.17) is 0 Å². The molecule has 0 aromatic heterocycles. The van der Waals surface area contributed by atoms with Crippen LogP contribution in [0.4, 0.5) is 0 Å². The van der Waals surface area contributed by atoms with E-state index in [-0.39, 0.29) is 0 Å². The van der Waals surface area contributed by atoms with Crippen LogP contribution in [0.5, 0.6) is 0 Å². The average molecular weight is 267 g/mol. The predicted molar refractivity (Wildman–Crippen MR) is 87.0 cm³/mol. The summed E-state index contributed by atoms with van der Waals surface area (Å²) in [5.74, 6) is 0.600. The normalized spacial score (nSPS) is 12.7. The Bertz CT molecular complexity index is 540. The molecule has 0 saturated carbocycles. The van der Waals surface area contributed by atoms with E-state index in [2.05, 4.69) is 81.5 Å². The van der Waals surface area contributed by atoms with Gasteiger partial charge in [-0.1, -0.05) is 62.4 Å². The van der Waals surface area contributed by atoms with Gasteiger partial charge in [-0.15, -0.1) is 0 Å². The lowest BCUT2D eigenvalue weighted by molar-refractivity contribution is 0.572. The second-order valence-corrected chi connectivity index (χ2v) is 5.86. The van der Waals surface area contributed by atoms with E-state index in [1.165, 1.54) is 22.3 Å². The molecule has 0 heterocycles.